The highest BCUT2D eigenvalue weighted by molar-refractivity contribution is 6.07. The number of aromatic nitrogens is 4. The summed E-state index contributed by atoms with van der Waals surface area (Å²) in [6.45, 7) is 10.7. The second kappa shape index (κ2) is 18.5. The number of benzene rings is 4. The number of anilines is 4. The minimum atomic E-state index is -0.495. The zero-order valence-corrected chi connectivity index (χ0v) is 32.1. The molecule has 0 saturated heterocycles. The molecular weight excluding hydrogens is 718 g/mol. The highest BCUT2D eigenvalue weighted by atomic mass is 19.1. The van der Waals surface area contributed by atoms with E-state index < -0.39 is 11.8 Å². The maximum atomic E-state index is 14.5. The zero-order valence-electron chi connectivity index (χ0n) is 32.1. The fourth-order valence-electron chi connectivity index (χ4n) is 5.56. The van der Waals surface area contributed by atoms with Crippen molar-refractivity contribution in [1.82, 2.24) is 19.7 Å². The van der Waals surface area contributed by atoms with Gasteiger partial charge in [-0.3, -0.25) is 5.32 Å². The van der Waals surface area contributed by atoms with Crippen LogP contribution in [-0.2, 0) is 19.6 Å². The fraction of sp³-hybridized carbons (Fsp3) is 0.286. The molecule has 56 heavy (non-hydrogen) atoms. The van der Waals surface area contributed by atoms with Gasteiger partial charge >= 0.3 is 6.03 Å². The van der Waals surface area contributed by atoms with Crippen LogP contribution in [0, 0.1) is 12.7 Å². The molecule has 2 amide bonds. The van der Waals surface area contributed by atoms with Crippen molar-refractivity contribution in [3.63, 3.8) is 0 Å². The van der Waals surface area contributed by atoms with E-state index in [1.807, 2.05) is 61.5 Å². The molecule has 0 fully saturated rings. The van der Waals surface area contributed by atoms with Gasteiger partial charge in [0.15, 0.2) is 0 Å². The van der Waals surface area contributed by atoms with Gasteiger partial charge < -0.3 is 34.3 Å². The third kappa shape index (κ3) is 10.8. The quantitative estimate of drug-likeness (QED) is 0.0772. The first-order valence-electron chi connectivity index (χ1n) is 18.2. The van der Waals surface area contributed by atoms with Gasteiger partial charge in [-0.05, 0) is 37.3 Å². The number of nitrogens with one attached hydrogen (secondary N) is 3. The third-order valence-corrected chi connectivity index (χ3v) is 8.40. The molecule has 292 valence electrons. The van der Waals surface area contributed by atoms with Crippen molar-refractivity contribution in [2.75, 3.05) is 62.7 Å². The number of hydrogen-bond donors (Lipinski definition) is 3. The first-order chi connectivity index (χ1) is 27.1. The van der Waals surface area contributed by atoms with Gasteiger partial charge in [-0.1, -0.05) is 62.7 Å². The molecule has 0 atom stereocenters. The Hall–Kier alpha value is -6.09. The molecule has 0 aliphatic rings. The molecule has 13 nitrogen and oxygen atoms in total. The number of ether oxygens (including phenoxy) is 5. The number of carbonyl (C=O) groups excluding carboxylic acids is 1. The van der Waals surface area contributed by atoms with Crippen LogP contribution in [0.5, 0.6) is 17.4 Å². The molecule has 3 N–H and O–H groups in total. The summed E-state index contributed by atoms with van der Waals surface area (Å²) in [5.41, 5.74) is 3.53. The van der Waals surface area contributed by atoms with Crippen LogP contribution in [0.3, 0.4) is 0 Å². The number of aryl methyl sites for hydroxylation is 1. The molecule has 0 spiro atoms. The Labute approximate surface area is 325 Å². The maximum absolute atomic E-state index is 14.5. The lowest BCUT2D eigenvalue weighted by Crippen LogP contribution is -2.21. The normalized spacial score (nSPS) is 11.4. The monoisotopic (exact) mass is 763 g/mol. The Morgan fingerprint density at radius 2 is 1.55 bits per heavy atom. The summed E-state index contributed by atoms with van der Waals surface area (Å²) in [5, 5.41) is 15.3. The Kier molecular flexibility index (Phi) is 13.1. The molecule has 0 aliphatic heterocycles. The first kappa shape index (κ1) is 39.6. The summed E-state index contributed by atoms with van der Waals surface area (Å²) in [6, 6.07) is 26.4. The number of methoxy groups -OCH3 is 1. The number of urea groups is 1. The van der Waals surface area contributed by atoms with Crippen LogP contribution in [0.1, 0.15) is 32.0 Å². The second-order valence-electron chi connectivity index (χ2n) is 13.8. The molecular formula is C42H46FN7O6. The van der Waals surface area contributed by atoms with Crippen molar-refractivity contribution in [3.8, 4) is 23.1 Å². The number of carbonyl (C=O) groups is 1. The van der Waals surface area contributed by atoms with E-state index in [1.54, 1.807) is 36.1 Å². The van der Waals surface area contributed by atoms with E-state index in [0.717, 1.165) is 27.7 Å². The van der Waals surface area contributed by atoms with Crippen LogP contribution in [0.25, 0.3) is 16.5 Å². The average Bonchev–Trinajstić information content (AvgIpc) is 3.60. The van der Waals surface area contributed by atoms with Crippen molar-refractivity contribution in [2.45, 2.75) is 33.1 Å². The smallest absolute Gasteiger partial charge is 0.324 e. The SMILES string of the molecule is COCCOCCOCCOc1cc(F)cc(Nc2nccc(Oc3ccc(NC(=O)Nc4cc(C(C)(C)C)nn4-c4ccc(C)cc4)c4ccccc34)n2)c1. The molecule has 0 saturated carbocycles. The summed E-state index contributed by atoms with van der Waals surface area (Å²) in [5.74, 6) is 1.31. The summed E-state index contributed by atoms with van der Waals surface area (Å²) in [4.78, 5) is 22.3. The van der Waals surface area contributed by atoms with Crippen LogP contribution in [0.2, 0.25) is 0 Å². The largest absolute Gasteiger partial charge is 0.491 e. The lowest BCUT2D eigenvalue weighted by Gasteiger charge is -2.14. The summed E-state index contributed by atoms with van der Waals surface area (Å²) < 4.78 is 44.0. The van der Waals surface area contributed by atoms with E-state index in [1.165, 1.54) is 18.3 Å². The Morgan fingerprint density at radius 1 is 0.821 bits per heavy atom. The third-order valence-electron chi connectivity index (χ3n) is 8.40. The van der Waals surface area contributed by atoms with Crippen LogP contribution in [0.15, 0.2) is 97.2 Å². The molecule has 2 aromatic heterocycles. The van der Waals surface area contributed by atoms with Gasteiger partial charge in [0.2, 0.25) is 11.8 Å². The molecule has 0 radical (unpaired) electrons. The molecule has 14 heteroatoms. The summed E-state index contributed by atoms with van der Waals surface area (Å²) in [7, 11) is 1.61. The molecule has 0 bridgehead atoms. The fourth-order valence-corrected chi connectivity index (χ4v) is 5.56. The van der Waals surface area contributed by atoms with Gasteiger partial charge in [0.1, 0.15) is 29.7 Å². The Balaban J connectivity index is 1.11. The van der Waals surface area contributed by atoms with Crippen molar-refractivity contribution in [2.24, 2.45) is 0 Å². The second-order valence-corrected chi connectivity index (χ2v) is 13.8. The highest BCUT2D eigenvalue weighted by Crippen LogP contribution is 2.35. The molecule has 2 heterocycles. The maximum Gasteiger partial charge on any atom is 0.324 e. The van der Waals surface area contributed by atoms with Gasteiger partial charge in [-0.25, -0.2) is 18.9 Å². The minimum Gasteiger partial charge on any atom is -0.491 e. The standard InChI is InChI=1S/C42H46FN7O6/c1-28-10-12-31(13-11-28)50-38(27-37(49-50)42(2,3)4)47-41(51)46-35-14-15-36(34-9-7-6-8-33(34)35)56-39-16-17-44-40(48-39)45-30-24-29(43)25-32(26-30)55-23-22-54-21-20-53-19-18-52-5/h6-17,24-27H,18-23H2,1-5H3,(H,44,45,48)(H2,46,47,51). The zero-order chi connectivity index (χ0) is 39.5. The average molecular weight is 764 g/mol. The Bertz CT molecular complexity index is 2240. The molecule has 6 aromatic rings. The van der Waals surface area contributed by atoms with E-state index >= 15 is 0 Å². The van der Waals surface area contributed by atoms with Crippen molar-refractivity contribution in [1.29, 1.82) is 0 Å². The van der Waals surface area contributed by atoms with Gasteiger partial charge in [-0.15, -0.1) is 0 Å². The van der Waals surface area contributed by atoms with Crippen LogP contribution < -0.4 is 25.4 Å². The van der Waals surface area contributed by atoms with E-state index in [2.05, 4.69) is 46.7 Å². The number of rotatable bonds is 17. The van der Waals surface area contributed by atoms with Crippen molar-refractivity contribution < 1.29 is 32.9 Å². The molecule has 6 rings (SSSR count). The van der Waals surface area contributed by atoms with E-state index in [4.69, 9.17) is 28.8 Å². The first-order valence-corrected chi connectivity index (χ1v) is 18.2. The van der Waals surface area contributed by atoms with E-state index in [-0.39, 0.29) is 23.9 Å². The Morgan fingerprint density at radius 3 is 2.30 bits per heavy atom. The summed E-state index contributed by atoms with van der Waals surface area (Å²) in [6.07, 6.45) is 1.53. The predicted molar refractivity (Wildman–Crippen MR) is 214 cm³/mol. The van der Waals surface area contributed by atoms with Crippen LogP contribution in [0.4, 0.5) is 32.3 Å². The predicted octanol–water partition coefficient (Wildman–Crippen LogP) is 8.80. The summed E-state index contributed by atoms with van der Waals surface area (Å²) >= 11 is 0. The van der Waals surface area contributed by atoms with E-state index in [0.29, 0.717) is 61.7 Å². The number of hydrogen-bond acceptors (Lipinski definition) is 10. The number of halogens is 1. The number of nitrogens with zero attached hydrogens (tertiary/aromatic N) is 4. The molecule has 0 aliphatic carbocycles. The van der Waals surface area contributed by atoms with Crippen molar-refractivity contribution >= 4 is 39.9 Å². The molecule has 0 unspecified atom stereocenters. The highest BCUT2D eigenvalue weighted by Gasteiger charge is 2.22. The number of amides is 2. The topological polar surface area (TPSA) is 143 Å². The van der Waals surface area contributed by atoms with E-state index in [9.17, 15) is 9.18 Å². The molecule has 4 aromatic carbocycles. The lowest BCUT2D eigenvalue weighted by molar-refractivity contribution is 0.0179. The van der Waals surface area contributed by atoms with Gasteiger partial charge in [0.25, 0.3) is 0 Å². The van der Waals surface area contributed by atoms with Gasteiger partial charge in [0, 0.05) is 59.4 Å². The van der Waals surface area contributed by atoms with Gasteiger partial charge in [0.05, 0.1) is 50.1 Å². The van der Waals surface area contributed by atoms with Gasteiger partial charge in [-0.2, -0.15) is 10.1 Å². The number of fused-ring (bicyclic) bond motifs is 1. The van der Waals surface area contributed by atoms with Crippen molar-refractivity contribution in [3.05, 3.63) is 114 Å². The van der Waals surface area contributed by atoms with Crippen LogP contribution >= 0.6 is 0 Å². The van der Waals surface area contributed by atoms with Crippen LogP contribution in [-0.4, -0.2) is 72.5 Å². The minimum absolute atomic E-state index is 0.189. The lowest BCUT2D eigenvalue weighted by atomic mass is 9.92.